The van der Waals surface area contributed by atoms with Crippen molar-refractivity contribution in [1.82, 2.24) is 9.21 Å². The molecular weight excluding hydrogens is 456 g/mol. The van der Waals surface area contributed by atoms with Crippen LogP contribution in [0.3, 0.4) is 0 Å². The molecule has 0 atom stereocenters. The molecule has 5 nitrogen and oxygen atoms in total. The van der Waals surface area contributed by atoms with E-state index in [4.69, 9.17) is 0 Å². The maximum absolute atomic E-state index is 13.0. The fourth-order valence-corrected chi connectivity index (χ4v) is 7.08. The Morgan fingerprint density at radius 3 is 2.62 bits per heavy atom. The van der Waals surface area contributed by atoms with Gasteiger partial charge in [0.05, 0.1) is 0 Å². The zero-order valence-corrected chi connectivity index (χ0v) is 18.3. The van der Waals surface area contributed by atoms with Gasteiger partial charge in [-0.2, -0.15) is 16.1 Å². The van der Waals surface area contributed by atoms with E-state index in [1.165, 1.54) is 15.6 Å². The van der Waals surface area contributed by atoms with Crippen molar-refractivity contribution in [1.29, 1.82) is 0 Å². The van der Waals surface area contributed by atoms with Gasteiger partial charge in [-0.15, -0.1) is 11.3 Å². The second-order valence-electron chi connectivity index (χ2n) is 5.88. The Kier molecular flexibility index (Phi) is 6.45. The highest BCUT2D eigenvalue weighted by atomic mass is 79.9. The van der Waals surface area contributed by atoms with Crippen LogP contribution in [0.1, 0.15) is 15.2 Å². The van der Waals surface area contributed by atoms with Crippen LogP contribution in [-0.2, 0) is 16.6 Å². The van der Waals surface area contributed by atoms with E-state index >= 15 is 0 Å². The molecule has 0 N–H and O–H groups in total. The van der Waals surface area contributed by atoms with Gasteiger partial charge in [-0.05, 0) is 23.1 Å². The molecule has 0 radical (unpaired) electrons. The third-order valence-corrected chi connectivity index (χ3v) is 8.81. The van der Waals surface area contributed by atoms with Crippen LogP contribution in [0.4, 0.5) is 0 Å². The molecule has 0 saturated carbocycles. The fourth-order valence-electron chi connectivity index (χ4n) is 2.71. The average Bonchev–Trinajstić information content (AvgIpc) is 3.14. The monoisotopic (exact) mass is 474 g/mol. The summed E-state index contributed by atoms with van der Waals surface area (Å²) in [7, 11) is -1.95. The Bertz CT molecular complexity index is 892. The molecule has 140 valence electrons. The largest absolute Gasteiger partial charge is 0.337 e. The number of halogens is 1. The maximum atomic E-state index is 13.0. The first-order chi connectivity index (χ1) is 12.4. The number of hydrogen-bond donors (Lipinski definition) is 0. The summed E-state index contributed by atoms with van der Waals surface area (Å²) in [5, 5.41) is 1.67. The van der Waals surface area contributed by atoms with E-state index in [-0.39, 0.29) is 15.7 Å². The zero-order valence-electron chi connectivity index (χ0n) is 14.2. The van der Waals surface area contributed by atoms with Crippen molar-refractivity contribution in [2.45, 2.75) is 11.4 Å². The van der Waals surface area contributed by atoms with E-state index in [1.807, 2.05) is 24.3 Å². The van der Waals surface area contributed by atoms with Crippen LogP contribution in [0.25, 0.3) is 0 Å². The molecule has 0 bridgehead atoms. The van der Waals surface area contributed by atoms with Crippen LogP contribution in [0.5, 0.6) is 0 Å². The minimum atomic E-state index is -3.64. The average molecular weight is 475 g/mol. The van der Waals surface area contributed by atoms with Gasteiger partial charge in [0, 0.05) is 42.7 Å². The molecule has 0 aliphatic carbocycles. The number of sulfonamides is 1. The Hall–Kier alpha value is -0.870. The lowest BCUT2D eigenvalue weighted by molar-refractivity contribution is 0.0786. The van der Waals surface area contributed by atoms with E-state index in [2.05, 4.69) is 15.9 Å². The minimum absolute atomic E-state index is 0.123. The Labute approximate surface area is 170 Å². The van der Waals surface area contributed by atoms with Gasteiger partial charge in [0.25, 0.3) is 5.91 Å². The molecule has 2 aromatic rings. The van der Waals surface area contributed by atoms with Crippen molar-refractivity contribution in [3.63, 3.8) is 0 Å². The van der Waals surface area contributed by atoms with Crippen LogP contribution < -0.4 is 0 Å². The standard InChI is InChI=1S/C17H19BrN2O3S3/c1-19(12-13-4-2-3-5-14(13)18)17(21)16-15(6-9-25-16)26(22,23)20-7-10-24-11-8-20/h2-6,9H,7-8,10-12H2,1H3. The lowest BCUT2D eigenvalue weighted by Crippen LogP contribution is -2.38. The summed E-state index contributed by atoms with van der Waals surface area (Å²) in [6.07, 6.45) is 0. The second-order valence-corrected chi connectivity index (χ2v) is 10.8. The highest BCUT2D eigenvalue weighted by molar-refractivity contribution is 9.10. The molecule has 1 aliphatic rings. The van der Waals surface area contributed by atoms with E-state index in [0.29, 0.717) is 19.6 Å². The van der Waals surface area contributed by atoms with Gasteiger partial charge >= 0.3 is 0 Å². The van der Waals surface area contributed by atoms with Crippen LogP contribution >= 0.6 is 39.0 Å². The summed E-state index contributed by atoms with van der Waals surface area (Å²) in [5.41, 5.74) is 0.970. The quantitative estimate of drug-likeness (QED) is 0.664. The molecule has 1 amide bonds. The highest BCUT2D eigenvalue weighted by Crippen LogP contribution is 2.28. The molecule has 0 unspecified atom stereocenters. The fraction of sp³-hybridized carbons (Fsp3) is 0.353. The predicted octanol–water partition coefficient (Wildman–Crippen LogP) is 3.52. The normalized spacial score (nSPS) is 15.8. The molecule has 0 spiro atoms. The maximum Gasteiger partial charge on any atom is 0.265 e. The first-order valence-electron chi connectivity index (χ1n) is 8.05. The molecular formula is C17H19BrN2O3S3. The van der Waals surface area contributed by atoms with Crippen molar-refractivity contribution >= 4 is 55.0 Å². The second kappa shape index (κ2) is 8.43. The predicted molar refractivity (Wildman–Crippen MR) is 110 cm³/mol. The Morgan fingerprint density at radius 1 is 1.23 bits per heavy atom. The van der Waals surface area contributed by atoms with Crippen molar-refractivity contribution in [3.05, 3.63) is 50.6 Å². The molecule has 9 heteroatoms. The van der Waals surface area contributed by atoms with E-state index in [9.17, 15) is 13.2 Å². The van der Waals surface area contributed by atoms with Crippen molar-refractivity contribution in [2.75, 3.05) is 31.6 Å². The van der Waals surface area contributed by atoms with Crippen LogP contribution in [0.2, 0.25) is 0 Å². The van der Waals surface area contributed by atoms with Gasteiger partial charge in [0.2, 0.25) is 10.0 Å². The summed E-state index contributed by atoms with van der Waals surface area (Å²) in [5.74, 6) is 1.30. The van der Waals surface area contributed by atoms with Gasteiger partial charge in [-0.1, -0.05) is 34.1 Å². The van der Waals surface area contributed by atoms with Gasteiger partial charge < -0.3 is 4.90 Å². The lowest BCUT2D eigenvalue weighted by Gasteiger charge is -2.26. The molecule has 1 aromatic heterocycles. The number of benzene rings is 1. The molecule has 1 aliphatic heterocycles. The molecule has 1 fully saturated rings. The van der Waals surface area contributed by atoms with Crippen LogP contribution in [0, 0.1) is 0 Å². The topological polar surface area (TPSA) is 57.7 Å². The third-order valence-electron chi connectivity index (χ3n) is 4.12. The number of amides is 1. The summed E-state index contributed by atoms with van der Waals surface area (Å²) in [6.45, 7) is 1.38. The zero-order chi connectivity index (χ0) is 18.7. The first-order valence-corrected chi connectivity index (χ1v) is 12.3. The molecule has 2 heterocycles. The van der Waals surface area contributed by atoms with Gasteiger partial charge in [0.15, 0.2) is 0 Å². The minimum Gasteiger partial charge on any atom is -0.337 e. The molecule has 1 saturated heterocycles. The summed E-state index contributed by atoms with van der Waals surface area (Å²) in [6, 6.07) is 9.22. The molecule has 3 rings (SSSR count). The van der Waals surface area contributed by atoms with E-state index in [1.54, 1.807) is 35.2 Å². The first kappa shape index (κ1) is 19.9. The number of thiophene rings is 1. The van der Waals surface area contributed by atoms with Gasteiger partial charge in [0.1, 0.15) is 9.77 Å². The van der Waals surface area contributed by atoms with Crippen LogP contribution in [0.15, 0.2) is 45.1 Å². The SMILES string of the molecule is CN(Cc1ccccc1Br)C(=O)c1sccc1S(=O)(=O)N1CCSCC1. The number of rotatable bonds is 5. The number of thioether (sulfide) groups is 1. The lowest BCUT2D eigenvalue weighted by atomic mass is 10.2. The molecule has 1 aromatic carbocycles. The number of nitrogens with zero attached hydrogens (tertiary/aromatic N) is 2. The third kappa shape index (κ3) is 4.17. The Morgan fingerprint density at radius 2 is 1.92 bits per heavy atom. The van der Waals surface area contributed by atoms with Gasteiger partial charge in [-0.25, -0.2) is 8.42 Å². The molecule has 26 heavy (non-hydrogen) atoms. The van der Waals surface area contributed by atoms with Gasteiger partial charge in [-0.3, -0.25) is 4.79 Å². The van der Waals surface area contributed by atoms with Crippen molar-refractivity contribution < 1.29 is 13.2 Å². The smallest absolute Gasteiger partial charge is 0.265 e. The van der Waals surface area contributed by atoms with Crippen molar-refractivity contribution in [2.24, 2.45) is 0 Å². The van der Waals surface area contributed by atoms with E-state index < -0.39 is 10.0 Å². The van der Waals surface area contributed by atoms with Crippen LogP contribution in [-0.4, -0.2) is 55.2 Å². The number of carbonyl (C=O) groups is 1. The number of carbonyl (C=O) groups excluding carboxylic acids is 1. The highest BCUT2D eigenvalue weighted by Gasteiger charge is 2.32. The van der Waals surface area contributed by atoms with E-state index in [0.717, 1.165) is 21.5 Å². The number of hydrogen-bond acceptors (Lipinski definition) is 5. The summed E-state index contributed by atoms with van der Waals surface area (Å²) < 4.78 is 28.3. The summed E-state index contributed by atoms with van der Waals surface area (Å²) in [4.78, 5) is 14.9. The van der Waals surface area contributed by atoms with Crippen molar-refractivity contribution in [3.8, 4) is 0 Å². The summed E-state index contributed by atoms with van der Waals surface area (Å²) >= 11 is 6.41. The Balaban J connectivity index is 1.83.